The highest BCUT2D eigenvalue weighted by Gasteiger charge is 2.39. The average Bonchev–Trinajstić information content (AvgIpc) is 3.34. The van der Waals surface area contributed by atoms with Gasteiger partial charge >= 0.3 is 0 Å². The van der Waals surface area contributed by atoms with Crippen LogP contribution in [0.4, 0.5) is 10.2 Å². The molecule has 2 aliphatic heterocycles. The number of nitrogens with zero attached hydrogens (tertiary/aromatic N) is 4. The first kappa shape index (κ1) is 28.0. The standard InChI is InChI=1S/C33H33FN4O3S/c1-22-16-18-36(19-17-22)28(39)20-37-29(40)21-42-32(26-10-6-7-11-27(26)41-2)30-31(23-8-4-3-5-9-23)35-38(33(30)37)25-14-12-24(34)13-15-25/h3-15,22,32H,16-21H2,1-2H3. The van der Waals surface area contributed by atoms with E-state index in [0.29, 0.717) is 42.0 Å². The summed E-state index contributed by atoms with van der Waals surface area (Å²) in [7, 11) is 1.64. The van der Waals surface area contributed by atoms with E-state index in [4.69, 9.17) is 9.84 Å². The van der Waals surface area contributed by atoms with Crippen molar-refractivity contribution in [1.82, 2.24) is 14.7 Å². The fourth-order valence-electron chi connectivity index (χ4n) is 5.71. The molecule has 0 saturated carbocycles. The van der Waals surface area contributed by atoms with Gasteiger partial charge in [0.1, 0.15) is 23.9 Å². The minimum Gasteiger partial charge on any atom is -0.496 e. The zero-order valence-corrected chi connectivity index (χ0v) is 24.5. The summed E-state index contributed by atoms with van der Waals surface area (Å²) in [6.45, 7) is 3.47. The SMILES string of the molecule is COc1ccccc1C1SCC(=O)N(CC(=O)N2CCC(C)CC2)c2c1c(-c1ccccc1)nn2-c1ccc(F)cc1. The number of anilines is 1. The molecule has 0 aliphatic carbocycles. The fourth-order valence-corrected chi connectivity index (χ4v) is 6.94. The first-order valence-electron chi connectivity index (χ1n) is 14.2. The van der Waals surface area contributed by atoms with Crippen LogP contribution in [0.5, 0.6) is 5.75 Å². The molecule has 3 aromatic carbocycles. The summed E-state index contributed by atoms with van der Waals surface area (Å²) in [5.74, 6) is 1.32. The number of amides is 2. The first-order valence-corrected chi connectivity index (χ1v) is 15.3. The molecule has 42 heavy (non-hydrogen) atoms. The monoisotopic (exact) mass is 584 g/mol. The van der Waals surface area contributed by atoms with E-state index < -0.39 is 0 Å². The van der Waals surface area contributed by atoms with Crippen LogP contribution in [-0.2, 0) is 9.59 Å². The van der Waals surface area contributed by atoms with Crippen molar-refractivity contribution in [3.63, 3.8) is 0 Å². The zero-order chi connectivity index (χ0) is 29.2. The number of fused-ring (bicyclic) bond motifs is 1. The number of methoxy groups -OCH3 is 1. The summed E-state index contributed by atoms with van der Waals surface area (Å²) in [5, 5.41) is 4.75. The van der Waals surface area contributed by atoms with Gasteiger partial charge in [0.25, 0.3) is 0 Å². The number of ether oxygens (including phenoxy) is 1. The van der Waals surface area contributed by atoms with E-state index in [2.05, 4.69) is 6.92 Å². The Morgan fingerprint density at radius 2 is 1.69 bits per heavy atom. The Morgan fingerprint density at radius 1 is 1.00 bits per heavy atom. The summed E-state index contributed by atoms with van der Waals surface area (Å²) in [5.41, 5.74) is 3.88. The number of halogens is 1. The Labute approximate surface area is 249 Å². The quantitative estimate of drug-likeness (QED) is 0.273. The van der Waals surface area contributed by atoms with E-state index >= 15 is 0 Å². The number of carbonyl (C=O) groups is 2. The van der Waals surface area contributed by atoms with Gasteiger partial charge in [0, 0.05) is 29.8 Å². The molecule has 2 aliphatic rings. The maximum atomic E-state index is 14.0. The van der Waals surface area contributed by atoms with Gasteiger partial charge in [0.05, 0.1) is 29.5 Å². The van der Waals surface area contributed by atoms with Crippen LogP contribution in [0.15, 0.2) is 78.9 Å². The lowest BCUT2D eigenvalue weighted by atomic mass is 9.98. The van der Waals surface area contributed by atoms with E-state index in [-0.39, 0.29) is 35.2 Å². The Hall–Kier alpha value is -4.11. The molecule has 2 amide bonds. The van der Waals surface area contributed by atoms with Crippen molar-refractivity contribution in [2.75, 3.05) is 37.4 Å². The maximum absolute atomic E-state index is 14.0. The number of likely N-dealkylation sites (tertiary alicyclic amines) is 1. The van der Waals surface area contributed by atoms with Crippen molar-refractivity contribution in [1.29, 1.82) is 0 Å². The Kier molecular flexibility index (Phi) is 8.02. The van der Waals surface area contributed by atoms with Crippen LogP contribution in [0, 0.1) is 11.7 Å². The minimum atomic E-state index is -0.370. The van der Waals surface area contributed by atoms with E-state index in [1.165, 1.54) is 23.9 Å². The van der Waals surface area contributed by atoms with Crippen molar-refractivity contribution >= 4 is 29.4 Å². The predicted octanol–water partition coefficient (Wildman–Crippen LogP) is 6.11. The van der Waals surface area contributed by atoms with Gasteiger partial charge in [0.2, 0.25) is 11.8 Å². The minimum absolute atomic E-state index is 0.0879. The summed E-state index contributed by atoms with van der Waals surface area (Å²) in [6.07, 6.45) is 1.89. The predicted molar refractivity (Wildman–Crippen MR) is 164 cm³/mol. The maximum Gasteiger partial charge on any atom is 0.242 e. The first-order chi connectivity index (χ1) is 20.4. The molecule has 9 heteroatoms. The number of hydrogen-bond acceptors (Lipinski definition) is 5. The Bertz CT molecular complexity index is 1580. The number of hydrogen-bond donors (Lipinski definition) is 0. The van der Waals surface area contributed by atoms with E-state index in [0.717, 1.165) is 29.5 Å². The van der Waals surface area contributed by atoms with Crippen LogP contribution in [-0.4, -0.2) is 59.0 Å². The number of piperidine rings is 1. The Morgan fingerprint density at radius 3 is 2.40 bits per heavy atom. The lowest BCUT2D eigenvalue weighted by Gasteiger charge is -2.32. The molecule has 216 valence electrons. The lowest BCUT2D eigenvalue weighted by Crippen LogP contribution is -2.46. The molecular weight excluding hydrogens is 551 g/mol. The topological polar surface area (TPSA) is 67.7 Å². The highest BCUT2D eigenvalue weighted by Crippen LogP contribution is 2.50. The van der Waals surface area contributed by atoms with Gasteiger partial charge in [-0.05, 0) is 49.1 Å². The summed E-state index contributed by atoms with van der Waals surface area (Å²) >= 11 is 1.49. The van der Waals surface area contributed by atoms with Gasteiger partial charge < -0.3 is 9.64 Å². The number of para-hydroxylation sites is 1. The highest BCUT2D eigenvalue weighted by molar-refractivity contribution is 8.00. The molecule has 0 bridgehead atoms. The van der Waals surface area contributed by atoms with E-state index in [1.54, 1.807) is 28.8 Å². The molecule has 0 N–H and O–H groups in total. The number of carbonyl (C=O) groups excluding carboxylic acids is 2. The normalized spacial score (nSPS) is 17.6. The third-order valence-corrected chi connectivity index (χ3v) is 9.30. The molecule has 6 rings (SSSR count). The average molecular weight is 585 g/mol. The molecular formula is C33H33FN4O3S. The second-order valence-electron chi connectivity index (χ2n) is 10.8. The van der Waals surface area contributed by atoms with Crippen LogP contribution in [0.3, 0.4) is 0 Å². The van der Waals surface area contributed by atoms with Crippen molar-refractivity contribution in [3.8, 4) is 22.7 Å². The molecule has 4 aromatic rings. The zero-order valence-electron chi connectivity index (χ0n) is 23.7. The highest BCUT2D eigenvalue weighted by atomic mass is 32.2. The molecule has 7 nitrogen and oxygen atoms in total. The molecule has 0 spiro atoms. The second kappa shape index (κ2) is 12.0. The third kappa shape index (κ3) is 5.41. The molecule has 1 atom stereocenters. The van der Waals surface area contributed by atoms with Gasteiger partial charge in [-0.25, -0.2) is 9.07 Å². The fraction of sp³-hybridized carbons (Fsp3) is 0.303. The largest absolute Gasteiger partial charge is 0.496 e. The Balaban J connectivity index is 1.57. The van der Waals surface area contributed by atoms with E-state index in [1.807, 2.05) is 59.5 Å². The van der Waals surface area contributed by atoms with Crippen molar-refractivity contribution in [3.05, 3.63) is 95.8 Å². The van der Waals surface area contributed by atoms with Crippen LogP contribution in [0.25, 0.3) is 16.9 Å². The van der Waals surface area contributed by atoms with Crippen molar-refractivity contribution in [2.45, 2.75) is 25.0 Å². The number of benzene rings is 3. The summed E-state index contributed by atoms with van der Waals surface area (Å²) in [4.78, 5) is 31.1. The molecule has 1 unspecified atom stereocenters. The molecule has 3 heterocycles. The van der Waals surface area contributed by atoms with Crippen molar-refractivity contribution < 1.29 is 18.7 Å². The van der Waals surface area contributed by atoms with Crippen LogP contribution < -0.4 is 9.64 Å². The van der Waals surface area contributed by atoms with Gasteiger partial charge in [-0.1, -0.05) is 55.5 Å². The van der Waals surface area contributed by atoms with Crippen molar-refractivity contribution in [2.24, 2.45) is 5.92 Å². The van der Waals surface area contributed by atoms with Gasteiger partial charge in [0.15, 0.2) is 0 Å². The smallest absolute Gasteiger partial charge is 0.242 e. The van der Waals surface area contributed by atoms with Gasteiger partial charge in [-0.15, -0.1) is 11.8 Å². The van der Waals surface area contributed by atoms with Gasteiger partial charge in [-0.2, -0.15) is 5.10 Å². The third-order valence-electron chi connectivity index (χ3n) is 8.06. The van der Waals surface area contributed by atoms with Crippen LogP contribution in [0.1, 0.15) is 36.1 Å². The molecule has 1 aromatic heterocycles. The van der Waals surface area contributed by atoms with Crippen LogP contribution in [0.2, 0.25) is 0 Å². The number of rotatable bonds is 6. The van der Waals surface area contributed by atoms with Gasteiger partial charge in [-0.3, -0.25) is 14.5 Å². The number of thioether (sulfide) groups is 1. The summed E-state index contributed by atoms with van der Waals surface area (Å²) < 4.78 is 21.5. The van der Waals surface area contributed by atoms with E-state index in [9.17, 15) is 14.0 Å². The number of aromatic nitrogens is 2. The molecule has 1 fully saturated rings. The molecule has 1 saturated heterocycles. The second-order valence-corrected chi connectivity index (χ2v) is 11.9. The van der Waals surface area contributed by atoms with Crippen LogP contribution >= 0.6 is 11.8 Å². The lowest BCUT2D eigenvalue weighted by molar-refractivity contribution is -0.132. The molecule has 0 radical (unpaired) electrons. The summed E-state index contributed by atoms with van der Waals surface area (Å²) in [6, 6.07) is 23.6.